The van der Waals surface area contributed by atoms with Gasteiger partial charge in [0, 0.05) is 5.75 Å². The Morgan fingerprint density at radius 2 is 1.50 bits per heavy atom. The average molecular weight is 497 g/mol. The van der Waals surface area contributed by atoms with E-state index in [1.807, 2.05) is 0 Å². The second-order valence-corrected chi connectivity index (χ2v) is 9.74. The summed E-state index contributed by atoms with van der Waals surface area (Å²) in [5.74, 6) is 1.26. The number of carbonyl (C=O) groups excluding carboxylic acids is 2. The van der Waals surface area contributed by atoms with Gasteiger partial charge in [-0.3, -0.25) is 4.57 Å². The Labute approximate surface area is 195 Å². The summed E-state index contributed by atoms with van der Waals surface area (Å²) in [7, 11) is -2.97. The SMILES string of the molecule is C=CCOC(=O)OCC(CSCCCCCCP(=O)(OCC)OCC)OC(=O)OCC=C. The first-order valence-corrected chi connectivity index (χ1v) is 13.6. The highest BCUT2D eigenvalue weighted by molar-refractivity contribution is 7.99. The fourth-order valence-electron chi connectivity index (χ4n) is 2.38. The van der Waals surface area contributed by atoms with Gasteiger partial charge in [0.2, 0.25) is 0 Å². The van der Waals surface area contributed by atoms with Gasteiger partial charge in [-0.1, -0.05) is 38.2 Å². The van der Waals surface area contributed by atoms with Crippen LogP contribution in [0.3, 0.4) is 0 Å². The molecule has 0 N–H and O–H groups in total. The third-order valence-corrected chi connectivity index (χ3v) is 7.07. The summed E-state index contributed by atoms with van der Waals surface area (Å²) < 4.78 is 42.7. The minimum Gasteiger partial charge on any atom is -0.430 e. The van der Waals surface area contributed by atoms with Gasteiger partial charge in [-0.15, -0.1) is 0 Å². The van der Waals surface area contributed by atoms with Gasteiger partial charge < -0.3 is 28.0 Å². The van der Waals surface area contributed by atoms with Crippen molar-refractivity contribution in [2.75, 3.05) is 50.7 Å². The van der Waals surface area contributed by atoms with E-state index in [0.717, 1.165) is 31.4 Å². The van der Waals surface area contributed by atoms with E-state index in [4.69, 9.17) is 28.0 Å². The Balaban J connectivity index is 4.20. The molecule has 0 radical (unpaired) electrons. The predicted molar refractivity (Wildman–Crippen MR) is 125 cm³/mol. The Bertz CT molecular complexity index is 576. The quantitative estimate of drug-likeness (QED) is 0.0915. The van der Waals surface area contributed by atoms with Crippen molar-refractivity contribution >= 4 is 31.7 Å². The first-order valence-electron chi connectivity index (χ1n) is 10.7. The van der Waals surface area contributed by atoms with Gasteiger partial charge >= 0.3 is 19.9 Å². The number of carbonyl (C=O) groups is 2. The maximum Gasteiger partial charge on any atom is 0.509 e. The van der Waals surface area contributed by atoms with Crippen LogP contribution < -0.4 is 0 Å². The Morgan fingerprint density at radius 1 is 0.906 bits per heavy atom. The lowest BCUT2D eigenvalue weighted by Crippen LogP contribution is -2.28. The molecule has 32 heavy (non-hydrogen) atoms. The van der Waals surface area contributed by atoms with Crippen LogP contribution in [-0.4, -0.2) is 69.1 Å². The Hall–Kier alpha value is -1.48. The molecule has 0 aromatic heterocycles. The number of unbranched alkanes of at least 4 members (excludes halogenated alkanes) is 3. The maximum atomic E-state index is 12.4. The van der Waals surface area contributed by atoms with Crippen LogP contribution in [-0.2, 0) is 32.6 Å². The molecule has 0 aliphatic heterocycles. The van der Waals surface area contributed by atoms with Gasteiger partial charge in [0.15, 0.2) is 0 Å². The molecule has 0 bridgehead atoms. The van der Waals surface area contributed by atoms with E-state index in [0.29, 0.717) is 25.1 Å². The molecule has 0 spiro atoms. The van der Waals surface area contributed by atoms with Gasteiger partial charge in [0.05, 0.1) is 19.4 Å². The van der Waals surface area contributed by atoms with E-state index >= 15 is 0 Å². The number of rotatable bonds is 20. The highest BCUT2D eigenvalue weighted by Gasteiger charge is 2.22. The summed E-state index contributed by atoms with van der Waals surface area (Å²) in [6.45, 7) is 11.2. The topological polar surface area (TPSA) is 107 Å². The highest BCUT2D eigenvalue weighted by atomic mass is 32.2. The molecular formula is C21H37O9PS. The zero-order valence-electron chi connectivity index (χ0n) is 19.2. The Kier molecular flexibility index (Phi) is 19.2. The van der Waals surface area contributed by atoms with Crippen LogP contribution in [0.1, 0.15) is 39.5 Å². The summed E-state index contributed by atoms with van der Waals surface area (Å²) in [4.78, 5) is 23.2. The molecule has 186 valence electrons. The molecule has 0 saturated heterocycles. The summed E-state index contributed by atoms with van der Waals surface area (Å²) >= 11 is 1.57. The molecule has 0 aliphatic rings. The van der Waals surface area contributed by atoms with E-state index in [-0.39, 0.29) is 19.8 Å². The van der Waals surface area contributed by atoms with Crippen LogP contribution in [0.5, 0.6) is 0 Å². The lowest BCUT2D eigenvalue weighted by atomic mass is 10.2. The second-order valence-electron chi connectivity index (χ2n) is 6.41. The molecule has 0 fully saturated rings. The number of hydrogen-bond donors (Lipinski definition) is 0. The van der Waals surface area contributed by atoms with Crippen molar-refractivity contribution in [1.29, 1.82) is 0 Å². The summed E-state index contributed by atoms with van der Waals surface area (Å²) in [5, 5.41) is 0. The standard InChI is InChI=1S/C21H37O9PS/c1-5-13-25-20(22)27-17-19(30-21(23)26-14-6-2)18-32-16-12-10-9-11-15-31(24,28-7-3)29-8-4/h5-6,19H,1-2,7-18H2,3-4H3. The van der Waals surface area contributed by atoms with Gasteiger partial charge in [-0.25, -0.2) is 9.59 Å². The lowest BCUT2D eigenvalue weighted by molar-refractivity contribution is -0.00421. The molecule has 0 heterocycles. The van der Waals surface area contributed by atoms with Crippen molar-refractivity contribution < 1.29 is 42.1 Å². The predicted octanol–water partition coefficient (Wildman–Crippen LogP) is 5.59. The van der Waals surface area contributed by atoms with Crippen molar-refractivity contribution in [2.24, 2.45) is 0 Å². The van der Waals surface area contributed by atoms with Crippen LogP contribution in [0.4, 0.5) is 9.59 Å². The average Bonchev–Trinajstić information content (AvgIpc) is 2.76. The fourth-order valence-corrected chi connectivity index (χ4v) is 5.11. The minimum absolute atomic E-state index is 0.0282. The van der Waals surface area contributed by atoms with Crippen molar-refractivity contribution in [2.45, 2.75) is 45.6 Å². The van der Waals surface area contributed by atoms with Crippen LogP contribution in [0.15, 0.2) is 25.3 Å². The minimum atomic E-state index is -2.97. The lowest BCUT2D eigenvalue weighted by Gasteiger charge is -2.17. The van der Waals surface area contributed by atoms with Crippen LogP contribution >= 0.6 is 19.4 Å². The molecule has 0 aromatic rings. The normalized spacial score (nSPS) is 11.9. The molecule has 9 nitrogen and oxygen atoms in total. The van der Waals surface area contributed by atoms with E-state index in [2.05, 4.69) is 13.2 Å². The van der Waals surface area contributed by atoms with Crippen molar-refractivity contribution in [3.63, 3.8) is 0 Å². The fraction of sp³-hybridized carbons (Fsp3) is 0.714. The van der Waals surface area contributed by atoms with Crippen molar-refractivity contribution in [3.05, 3.63) is 25.3 Å². The van der Waals surface area contributed by atoms with Crippen molar-refractivity contribution in [3.8, 4) is 0 Å². The number of ether oxygens (including phenoxy) is 4. The Morgan fingerprint density at radius 3 is 2.09 bits per heavy atom. The summed E-state index contributed by atoms with van der Waals surface area (Å²) in [6, 6.07) is 0. The zero-order valence-corrected chi connectivity index (χ0v) is 20.9. The molecule has 0 aliphatic carbocycles. The molecule has 0 amide bonds. The number of thioether (sulfide) groups is 1. The second kappa shape index (κ2) is 20.1. The van der Waals surface area contributed by atoms with Gasteiger partial charge in [0.25, 0.3) is 0 Å². The molecule has 0 aromatic carbocycles. The molecule has 1 unspecified atom stereocenters. The number of hydrogen-bond acceptors (Lipinski definition) is 10. The van der Waals surface area contributed by atoms with E-state index in [9.17, 15) is 14.2 Å². The monoisotopic (exact) mass is 496 g/mol. The summed E-state index contributed by atoms with van der Waals surface area (Å²) in [6.07, 6.45) is 4.46. The van der Waals surface area contributed by atoms with Crippen LogP contribution in [0.2, 0.25) is 0 Å². The van der Waals surface area contributed by atoms with Gasteiger partial charge in [-0.05, 0) is 32.4 Å². The van der Waals surface area contributed by atoms with E-state index < -0.39 is 26.0 Å². The highest BCUT2D eigenvalue weighted by Crippen LogP contribution is 2.48. The van der Waals surface area contributed by atoms with E-state index in [1.165, 1.54) is 12.2 Å². The molecule has 1 atom stereocenters. The summed E-state index contributed by atoms with van der Waals surface area (Å²) in [5.41, 5.74) is 0. The third-order valence-electron chi connectivity index (χ3n) is 3.71. The molecular weight excluding hydrogens is 459 g/mol. The molecule has 11 heteroatoms. The van der Waals surface area contributed by atoms with Crippen LogP contribution in [0, 0.1) is 0 Å². The third kappa shape index (κ3) is 17.1. The maximum absolute atomic E-state index is 12.4. The largest absolute Gasteiger partial charge is 0.509 e. The van der Waals surface area contributed by atoms with Gasteiger partial charge in [-0.2, -0.15) is 11.8 Å². The molecule has 0 saturated carbocycles. The first-order chi connectivity index (χ1) is 15.4. The zero-order chi connectivity index (χ0) is 24.1. The smallest absolute Gasteiger partial charge is 0.430 e. The molecule has 0 rings (SSSR count). The van der Waals surface area contributed by atoms with Gasteiger partial charge in [0.1, 0.15) is 25.9 Å². The van der Waals surface area contributed by atoms with Crippen LogP contribution in [0.25, 0.3) is 0 Å². The first kappa shape index (κ1) is 30.5. The van der Waals surface area contributed by atoms with E-state index in [1.54, 1.807) is 25.6 Å². The van der Waals surface area contributed by atoms with Crippen molar-refractivity contribution in [1.82, 2.24) is 0 Å².